The molecule has 0 radical (unpaired) electrons. The first kappa shape index (κ1) is 16.7. The molecule has 2 N–H and O–H groups in total. The second kappa shape index (κ2) is 7.95. The third-order valence-corrected chi connectivity index (χ3v) is 3.39. The van der Waals surface area contributed by atoms with Gasteiger partial charge in [-0.15, -0.1) is 0 Å². The predicted molar refractivity (Wildman–Crippen MR) is 71.5 cm³/mol. The van der Waals surface area contributed by atoms with Crippen molar-refractivity contribution >= 4 is 12.0 Å². The van der Waals surface area contributed by atoms with Crippen LogP contribution >= 0.6 is 0 Å². The Balaban J connectivity index is 4.46. The number of hydrogen-bond acceptors (Lipinski definition) is 2. The van der Waals surface area contributed by atoms with Crippen LogP contribution < -0.4 is 5.32 Å². The molecular formula is C13H26N2O3. The van der Waals surface area contributed by atoms with E-state index in [0.717, 1.165) is 6.42 Å². The van der Waals surface area contributed by atoms with Gasteiger partial charge in [-0.3, -0.25) is 0 Å². The average molecular weight is 258 g/mol. The SMILES string of the molecule is CCC(C)CN(C)C(=O)NC(C(=O)O)C(C)CC. The number of carboxylic acids is 1. The van der Waals surface area contributed by atoms with Gasteiger partial charge >= 0.3 is 12.0 Å². The Morgan fingerprint density at radius 1 is 1.22 bits per heavy atom. The van der Waals surface area contributed by atoms with Gasteiger partial charge in [0, 0.05) is 13.6 Å². The van der Waals surface area contributed by atoms with Crippen molar-refractivity contribution in [3.05, 3.63) is 0 Å². The Morgan fingerprint density at radius 2 is 1.78 bits per heavy atom. The number of aliphatic carboxylic acids is 1. The van der Waals surface area contributed by atoms with Gasteiger partial charge in [0.25, 0.3) is 0 Å². The maximum Gasteiger partial charge on any atom is 0.326 e. The lowest BCUT2D eigenvalue weighted by Crippen LogP contribution is -2.50. The lowest BCUT2D eigenvalue weighted by molar-refractivity contribution is -0.140. The molecule has 3 unspecified atom stereocenters. The molecule has 0 spiro atoms. The molecule has 0 aliphatic carbocycles. The van der Waals surface area contributed by atoms with Crippen molar-refractivity contribution in [3.8, 4) is 0 Å². The summed E-state index contributed by atoms with van der Waals surface area (Å²) >= 11 is 0. The van der Waals surface area contributed by atoms with E-state index in [1.165, 1.54) is 0 Å². The van der Waals surface area contributed by atoms with Crippen LogP contribution in [0.5, 0.6) is 0 Å². The zero-order valence-electron chi connectivity index (χ0n) is 12.1. The quantitative estimate of drug-likeness (QED) is 0.735. The molecule has 0 saturated carbocycles. The molecule has 0 aromatic heterocycles. The highest BCUT2D eigenvalue weighted by molar-refractivity contribution is 5.82. The first-order chi connectivity index (χ1) is 8.33. The van der Waals surface area contributed by atoms with Gasteiger partial charge in [-0.1, -0.05) is 40.5 Å². The smallest absolute Gasteiger partial charge is 0.326 e. The van der Waals surface area contributed by atoms with Crippen LogP contribution in [0.2, 0.25) is 0 Å². The van der Waals surface area contributed by atoms with E-state index in [-0.39, 0.29) is 11.9 Å². The van der Waals surface area contributed by atoms with Crippen LogP contribution in [0.25, 0.3) is 0 Å². The topological polar surface area (TPSA) is 69.6 Å². The highest BCUT2D eigenvalue weighted by atomic mass is 16.4. The minimum atomic E-state index is -0.977. The van der Waals surface area contributed by atoms with Crippen LogP contribution in [0.3, 0.4) is 0 Å². The van der Waals surface area contributed by atoms with Gasteiger partial charge in [-0.25, -0.2) is 9.59 Å². The molecule has 0 aliphatic rings. The summed E-state index contributed by atoms with van der Waals surface area (Å²) in [7, 11) is 1.69. The Kier molecular flexibility index (Phi) is 7.39. The van der Waals surface area contributed by atoms with Gasteiger partial charge in [0.05, 0.1) is 0 Å². The molecule has 2 amide bonds. The summed E-state index contributed by atoms with van der Waals surface area (Å²) in [5, 5.41) is 11.7. The fourth-order valence-corrected chi connectivity index (χ4v) is 1.61. The van der Waals surface area contributed by atoms with E-state index >= 15 is 0 Å². The van der Waals surface area contributed by atoms with Crippen LogP contribution in [0.1, 0.15) is 40.5 Å². The molecule has 0 heterocycles. The Hall–Kier alpha value is -1.26. The number of rotatable bonds is 7. The fourth-order valence-electron chi connectivity index (χ4n) is 1.61. The van der Waals surface area contributed by atoms with Crippen LogP contribution in [-0.4, -0.2) is 41.6 Å². The standard InChI is InChI=1S/C13H26N2O3/c1-6-9(3)8-15(5)13(18)14-11(12(16)17)10(4)7-2/h9-11H,6-8H2,1-5H3,(H,14,18)(H,16,17). The van der Waals surface area contributed by atoms with Gasteiger partial charge in [0.1, 0.15) is 6.04 Å². The zero-order chi connectivity index (χ0) is 14.3. The molecule has 3 atom stereocenters. The van der Waals surface area contributed by atoms with Crippen molar-refractivity contribution < 1.29 is 14.7 Å². The molecule has 0 rings (SSSR count). The van der Waals surface area contributed by atoms with Gasteiger partial charge in [0.2, 0.25) is 0 Å². The first-order valence-corrected chi connectivity index (χ1v) is 6.57. The number of nitrogens with zero attached hydrogens (tertiary/aromatic N) is 1. The minimum Gasteiger partial charge on any atom is -0.480 e. The largest absolute Gasteiger partial charge is 0.480 e. The van der Waals surface area contributed by atoms with Crippen molar-refractivity contribution in [2.24, 2.45) is 11.8 Å². The number of carbonyl (C=O) groups is 2. The average Bonchev–Trinajstić information content (AvgIpc) is 2.33. The van der Waals surface area contributed by atoms with Crippen molar-refractivity contribution in [2.45, 2.75) is 46.6 Å². The molecule has 0 aromatic carbocycles. The van der Waals surface area contributed by atoms with E-state index < -0.39 is 12.0 Å². The summed E-state index contributed by atoms with van der Waals surface area (Å²) < 4.78 is 0. The monoisotopic (exact) mass is 258 g/mol. The Labute approximate surface area is 110 Å². The third kappa shape index (κ3) is 5.38. The Morgan fingerprint density at radius 3 is 2.17 bits per heavy atom. The number of nitrogens with one attached hydrogen (secondary N) is 1. The summed E-state index contributed by atoms with van der Waals surface area (Å²) in [4.78, 5) is 24.5. The summed E-state index contributed by atoms with van der Waals surface area (Å²) in [6, 6.07) is -1.13. The maximum atomic E-state index is 11.9. The van der Waals surface area contributed by atoms with Gasteiger partial charge in [0.15, 0.2) is 0 Å². The summed E-state index contributed by atoms with van der Waals surface area (Å²) in [5.41, 5.74) is 0. The normalized spacial score (nSPS) is 15.6. The molecule has 0 fully saturated rings. The second-order valence-corrected chi connectivity index (χ2v) is 5.04. The van der Waals surface area contributed by atoms with Gasteiger partial charge < -0.3 is 15.3 Å². The van der Waals surface area contributed by atoms with Crippen molar-refractivity contribution in [1.29, 1.82) is 0 Å². The number of carbonyl (C=O) groups excluding carboxylic acids is 1. The zero-order valence-corrected chi connectivity index (χ0v) is 12.1. The molecule has 0 saturated heterocycles. The third-order valence-electron chi connectivity index (χ3n) is 3.39. The molecule has 0 aromatic rings. The molecule has 106 valence electrons. The van der Waals surface area contributed by atoms with E-state index in [0.29, 0.717) is 18.9 Å². The molecule has 5 heteroatoms. The van der Waals surface area contributed by atoms with E-state index in [2.05, 4.69) is 19.2 Å². The Bertz CT molecular complexity index is 281. The highest BCUT2D eigenvalue weighted by Crippen LogP contribution is 2.09. The van der Waals surface area contributed by atoms with Crippen LogP contribution in [-0.2, 0) is 4.79 Å². The lowest BCUT2D eigenvalue weighted by atomic mass is 9.99. The first-order valence-electron chi connectivity index (χ1n) is 6.57. The summed E-state index contributed by atoms with van der Waals surface area (Å²) in [6.45, 7) is 8.50. The van der Waals surface area contributed by atoms with Crippen molar-refractivity contribution in [1.82, 2.24) is 10.2 Å². The van der Waals surface area contributed by atoms with E-state index in [1.54, 1.807) is 11.9 Å². The fraction of sp³-hybridized carbons (Fsp3) is 0.846. The molecule has 18 heavy (non-hydrogen) atoms. The number of amides is 2. The minimum absolute atomic E-state index is 0.0801. The van der Waals surface area contributed by atoms with Gasteiger partial charge in [-0.2, -0.15) is 0 Å². The highest BCUT2D eigenvalue weighted by Gasteiger charge is 2.26. The summed E-state index contributed by atoms with van der Waals surface area (Å²) in [5.74, 6) is -0.647. The van der Waals surface area contributed by atoms with E-state index in [4.69, 9.17) is 5.11 Å². The van der Waals surface area contributed by atoms with Crippen molar-refractivity contribution in [3.63, 3.8) is 0 Å². The maximum absolute atomic E-state index is 11.9. The van der Waals surface area contributed by atoms with Crippen LogP contribution in [0.4, 0.5) is 4.79 Å². The molecule has 0 bridgehead atoms. The lowest BCUT2D eigenvalue weighted by Gasteiger charge is -2.26. The van der Waals surface area contributed by atoms with E-state index in [9.17, 15) is 9.59 Å². The predicted octanol–water partition coefficient (Wildman–Crippen LogP) is 2.17. The molecular weight excluding hydrogens is 232 g/mol. The van der Waals surface area contributed by atoms with Crippen molar-refractivity contribution in [2.75, 3.05) is 13.6 Å². The number of urea groups is 1. The van der Waals surface area contributed by atoms with Crippen LogP contribution in [0, 0.1) is 11.8 Å². The van der Waals surface area contributed by atoms with E-state index in [1.807, 2.05) is 13.8 Å². The molecule has 0 aliphatic heterocycles. The number of hydrogen-bond donors (Lipinski definition) is 2. The van der Waals surface area contributed by atoms with Gasteiger partial charge in [-0.05, 0) is 11.8 Å². The number of carboxylic acid groups (broad SMARTS) is 1. The van der Waals surface area contributed by atoms with Crippen LogP contribution in [0.15, 0.2) is 0 Å². The molecule has 5 nitrogen and oxygen atoms in total. The summed E-state index contributed by atoms with van der Waals surface area (Å²) in [6.07, 6.45) is 1.71. The second-order valence-electron chi connectivity index (χ2n) is 5.04.